The number of Topliss-reactive ketones (excluding diaryl/α,β-unsaturated/α-hetero) is 1. The van der Waals surface area contributed by atoms with E-state index in [-0.39, 0.29) is 11.5 Å². The Morgan fingerprint density at radius 1 is 1.33 bits per heavy atom. The average Bonchev–Trinajstić information content (AvgIpc) is 2.53. The van der Waals surface area contributed by atoms with Crippen molar-refractivity contribution in [3.05, 3.63) is 28.7 Å². The van der Waals surface area contributed by atoms with Crippen LogP contribution in [-0.2, 0) is 4.79 Å². The standard InChI is InChI=1S/C10H11N3O2/c1-6(14)5-11-7-2-3-8-9(4-7)13-10(15)12-8/h2-4,11H,5H2,1H3,(H2,12,13,15). The summed E-state index contributed by atoms with van der Waals surface area (Å²) >= 11 is 0. The number of fused-ring (bicyclic) bond motifs is 1. The van der Waals surface area contributed by atoms with E-state index in [1.54, 1.807) is 12.1 Å². The lowest BCUT2D eigenvalue weighted by molar-refractivity contribution is -0.115. The maximum absolute atomic E-state index is 11.0. The van der Waals surface area contributed by atoms with Crippen LogP contribution in [0, 0.1) is 0 Å². The highest BCUT2D eigenvalue weighted by molar-refractivity contribution is 5.82. The Hall–Kier alpha value is -2.04. The number of rotatable bonds is 3. The fourth-order valence-corrected chi connectivity index (χ4v) is 1.37. The Kier molecular flexibility index (Phi) is 2.29. The summed E-state index contributed by atoms with van der Waals surface area (Å²) in [5.74, 6) is 0.0673. The van der Waals surface area contributed by atoms with Gasteiger partial charge >= 0.3 is 5.69 Å². The molecule has 0 fully saturated rings. The van der Waals surface area contributed by atoms with Crippen molar-refractivity contribution in [2.75, 3.05) is 11.9 Å². The van der Waals surface area contributed by atoms with Crippen LogP contribution in [0.1, 0.15) is 6.92 Å². The van der Waals surface area contributed by atoms with E-state index in [1.807, 2.05) is 6.07 Å². The second kappa shape index (κ2) is 3.61. The first-order valence-electron chi connectivity index (χ1n) is 4.60. The zero-order chi connectivity index (χ0) is 10.8. The lowest BCUT2D eigenvalue weighted by Gasteiger charge is -2.02. The number of carbonyl (C=O) groups excluding carboxylic acids is 1. The zero-order valence-electron chi connectivity index (χ0n) is 8.26. The number of carbonyl (C=O) groups is 1. The molecule has 78 valence electrons. The molecule has 1 aromatic carbocycles. The number of aromatic amines is 2. The second-order valence-electron chi connectivity index (χ2n) is 3.40. The molecule has 2 aromatic rings. The molecule has 0 bridgehead atoms. The number of benzene rings is 1. The average molecular weight is 205 g/mol. The molecule has 0 saturated carbocycles. The van der Waals surface area contributed by atoms with Crippen LogP contribution < -0.4 is 11.0 Å². The van der Waals surface area contributed by atoms with Gasteiger partial charge in [0.25, 0.3) is 0 Å². The summed E-state index contributed by atoms with van der Waals surface area (Å²) < 4.78 is 0. The van der Waals surface area contributed by atoms with Crippen molar-refractivity contribution in [3.63, 3.8) is 0 Å². The van der Waals surface area contributed by atoms with Crippen molar-refractivity contribution >= 4 is 22.5 Å². The quantitative estimate of drug-likeness (QED) is 0.695. The summed E-state index contributed by atoms with van der Waals surface area (Å²) in [5.41, 5.74) is 2.07. The van der Waals surface area contributed by atoms with Gasteiger partial charge in [-0.15, -0.1) is 0 Å². The maximum atomic E-state index is 11.0. The number of H-pyrrole nitrogens is 2. The molecule has 2 rings (SSSR count). The van der Waals surface area contributed by atoms with Crippen LogP contribution in [0.2, 0.25) is 0 Å². The molecule has 0 aliphatic heterocycles. The lowest BCUT2D eigenvalue weighted by atomic mass is 10.2. The van der Waals surface area contributed by atoms with Gasteiger partial charge in [-0.1, -0.05) is 0 Å². The van der Waals surface area contributed by atoms with Gasteiger partial charge in [-0.25, -0.2) is 4.79 Å². The molecule has 15 heavy (non-hydrogen) atoms. The van der Waals surface area contributed by atoms with E-state index in [0.29, 0.717) is 6.54 Å². The Balaban J connectivity index is 2.30. The summed E-state index contributed by atoms with van der Waals surface area (Å²) in [5, 5.41) is 2.96. The normalized spacial score (nSPS) is 10.5. The van der Waals surface area contributed by atoms with E-state index in [9.17, 15) is 9.59 Å². The number of nitrogens with one attached hydrogen (secondary N) is 3. The van der Waals surface area contributed by atoms with E-state index >= 15 is 0 Å². The number of aromatic nitrogens is 2. The third kappa shape index (κ3) is 2.07. The first kappa shape index (κ1) is 9.51. The predicted octanol–water partition coefficient (Wildman–Crippen LogP) is 0.857. The number of anilines is 1. The Morgan fingerprint density at radius 2 is 2.07 bits per heavy atom. The molecule has 0 radical (unpaired) electrons. The lowest BCUT2D eigenvalue weighted by Crippen LogP contribution is -2.09. The first-order chi connectivity index (χ1) is 7.15. The highest BCUT2D eigenvalue weighted by atomic mass is 16.1. The fraction of sp³-hybridized carbons (Fsp3) is 0.200. The van der Waals surface area contributed by atoms with E-state index in [0.717, 1.165) is 16.7 Å². The van der Waals surface area contributed by atoms with Crippen LogP contribution >= 0.6 is 0 Å². The summed E-state index contributed by atoms with van der Waals surface area (Å²) in [6.07, 6.45) is 0. The minimum absolute atomic E-state index is 0.0673. The maximum Gasteiger partial charge on any atom is 0.323 e. The van der Waals surface area contributed by atoms with Gasteiger partial charge in [0.05, 0.1) is 17.6 Å². The number of ketones is 1. The molecule has 0 atom stereocenters. The number of hydrogen-bond acceptors (Lipinski definition) is 3. The molecule has 0 amide bonds. The highest BCUT2D eigenvalue weighted by Crippen LogP contribution is 2.13. The zero-order valence-corrected chi connectivity index (χ0v) is 8.26. The molecular formula is C10H11N3O2. The number of hydrogen-bond donors (Lipinski definition) is 3. The fourth-order valence-electron chi connectivity index (χ4n) is 1.37. The molecule has 1 heterocycles. The monoisotopic (exact) mass is 205 g/mol. The third-order valence-corrected chi connectivity index (χ3v) is 2.06. The summed E-state index contributed by atoms with van der Waals surface area (Å²) in [6, 6.07) is 5.39. The minimum Gasteiger partial charge on any atom is -0.378 e. The summed E-state index contributed by atoms with van der Waals surface area (Å²) in [4.78, 5) is 27.0. The topological polar surface area (TPSA) is 77.8 Å². The first-order valence-corrected chi connectivity index (χ1v) is 4.60. The van der Waals surface area contributed by atoms with Crippen LogP contribution in [0.25, 0.3) is 11.0 Å². The van der Waals surface area contributed by atoms with E-state index in [1.165, 1.54) is 6.92 Å². The molecule has 0 aliphatic carbocycles. The van der Waals surface area contributed by atoms with Gasteiger partial charge in [0.1, 0.15) is 5.78 Å². The smallest absolute Gasteiger partial charge is 0.323 e. The van der Waals surface area contributed by atoms with E-state index in [4.69, 9.17) is 0 Å². The molecular weight excluding hydrogens is 194 g/mol. The molecule has 0 saturated heterocycles. The van der Waals surface area contributed by atoms with Crippen molar-refractivity contribution in [2.45, 2.75) is 6.92 Å². The van der Waals surface area contributed by atoms with Crippen LogP contribution in [0.3, 0.4) is 0 Å². The van der Waals surface area contributed by atoms with Gasteiger partial charge in [-0.2, -0.15) is 0 Å². The molecule has 0 unspecified atom stereocenters. The van der Waals surface area contributed by atoms with Gasteiger partial charge in [0.15, 0.2) is 0 Å². The summed E-state index contributed by atoms with van der Waals surface area (Å²) in [7, 11) is 0. The second-order valence-corrected chi connectivity index (χ2v) is 3.40. The third-order valence-electron chi connectivity index (χ3n) is 2.06. The Bertz CT molecular complexity index is 553. The molecule has 3 N–H and O–H groups in total. The van der Waals surface area contributed by atoms with Gasteiger partial charge < -0.3 is 15.3 Å². The van der Waals surface area contributed by atoms with Crippen molar-refractivity contribution in [1.82, 2.24) is 9.97 Å². The number of imidazole rings is 1. The Labute approximate surface area is 85.5 Å². The Morgan fingerprint density at radius 3 is 2.80 bits per heavy atom. The molecule has 5 heteroatoms. The molecule has 5 nitrogen and oxygen atoms in total. The minimum atomic E-state index is -0.228. The molecule has 0 spiro atoms. The summed E-state index contributed by atoms with van der Waals surface area (Å²) in [6.45, 7) is 1.81. The van der Waals surface area contributed by atoms with Gasteiger partial charge in [-0.3, -0.25) is 4.79 Å². The van der Waals surface area contributed by atoms with Gasteiger partial charge in [-0.05, 0) is 25.1 Å². The van der Waals surface area contributed by atoms with Crippen LogP contribution in [0.5, 0.6) is 0 Å². The van der Waals surface area contributed by atoms with Crippen LogP contribution in [0.15, 0.2) is 23.0 Å². The SMILES string of the molecule is CC(=O)CNc1ccc2[nH]c(=O)[nH]c2c1. The molecule has 0 aliphatic rings. The van der Waals surface area contributed by atoms with E-state index in [2.05, 4.69) is 15.3 Å². The van der Waals surface area contributed by atoms with Crippen molar-refractivity contribution in [1.29, 1.82) is 0 Å². The molecule has 1 aromatic heterocycles. The van der Waals surface area contributed by atoms with Gasteiger partial charge in [0, 0.05) is 5.69 Å². The van der Waals surface area contributed by atoms with Gasteiger partial charge in [0.2, 0.25) is 0 Å². The van der Waals surface area contributed by atoms with Crippen LogP contribution in [0.4, 0.5) is 5.69 Å². The van der Waals surface area contributed by atoms with E-state index < -0.39 is 0 Å². The predicted molar refractivity (Wildman–Crippen MR) is 58.1 cm³/mol. The van der Waals surface area contributed by atoms with Crippen LogP contribution in [-0.4, -0.2) is 22.3 Å². The van der Waals surface area contributed by atoms with Crippen molar-refractivity contribution in [3.8, 4) is 0 Å². The largest absolute Gasteiger partial charge is 0.378 e. The van der Waals surface area contributed by atoms with Crippen molar-refractivity contribution in [2.24, 2.45) is 0 Å². The highest BCUT2D eigenvalue weighted by Gasteiger charge is 1.99. The van der Waals surface area contributed by atoms with Crippen molar-refractivity contribution < 1.29 is 4.79 Å².